The van der Waals surface area contributed by atoms with Crippen molar-refractivity contribution in [3.63, 3.8) is 0 Å². The lowest BCUT2D eigenvalue weighted by Crippen LogP contribution is -2.48. The van der Waals surface area contributed by atoms with Crippen LogP contribution >= 0.6 is 11.3 Å². The topological polar surface area (TPSA) is 123 Å². The van der Waals surface area contributed by atoms with Crippen LogP contribution in [0.2, 0.25) is 0 Å². The van der Waals surface area contributed by atoms with Gasteiger partial charge in [-0.3, -0.25) is 19.5 Å². The molecule has 5 heterocycles. The molecule has 202 valence electrons. The van der Waals surface area contributed by atoms with Crippen LogP contribution in [0.15, 0.2) is 43.0 Å². The second-order valence-corrected chi connectivity index (χ2v) is 10.3. The SMILES string of the molecule is COc1ncccc1-c1cn2ncc(C(=O)Nc3cc(NC(=O)CN4CC(C)O[C@@H](C)C4)cnc3C)c2s1.[HH].[HH]. The number of nitrogens with one attached hydrogen (secondary N) is 2. The summed E-state index contributed by atoms with van der Waals surface area (Å²) in [5.74, 6) is 0.0296. The summed E-state index contributed by atoms with van der Waals surface area (Å²) in [6.07, 6.45) is 6.78. The van der Waals surface area contributed by atoms with E-state index in [1.807, 2.05) is 32.2 Å². The Kier molecular flexibility index (Phi) is 7.36. The number of amides is 2. The van der Waals surface area contributed by atoms with Crippen LogP contribution < -0.4 is 15.4 Å². The quantitative estimate of drug-likeness (QED) is 0.362. The van der Waals surface area contributed by atoms with Crippen molar-refractivity contribution in [3.05, 3.63) is 54.2 Å². The summed E-state index contributed by atoms with van der Waals surface area (Å²) in [6, 6.07) is 5.45. The molecular formula is C26H33N7O4S. The first-order valence-electron chi connectivity index (χ1n) is 12.2. The number of hydrogen-bond acceptors (Lipinski definition) is 9. The molecule has 0 aliphatic carbocycles. The van der Waals surface area contributed by atoms with E-state index in [1.54, 1.807) is 37.0 Å². The van der Waals surface area contributed by atoms with Crippen molar-refractivity contribution >= 4 is 39.4 Å². The number of rotatable bonds is 7. The number of aryl methyl sites for hydroxylation is 1. The van der Waals surface area contributed by atoms with Crippen molar-refractivity contribution < 1.29 is 21.9 Å². The third-order valence-electron chi connectivity index (χ3n) is 6.15. The Morgan fingerprint density at radius 1 is 1.21 bits per heavy atom. The number of fused-ring (bicyclic) bond motifs is 1. The van der Waals surface area contributed by atoms with E-state index in [0.29, 0.717) is 46.4 Å². The minimum absolute atomic E-state index is 0. The van der Waals surface area contributed by atoms with Crippen molar-refractivity contribution in [1.29, 1.82) is 0 Å². The second kappa shape index (κ2) is 10.9. The highest BCUT2D eigenvalue weighted by molar-refractivity contribution is 7.21. The number of carbonyl (C=O) groups excluding carboxylic acids is 2. The van der Waals surface area contributed by atoms with Crippen molar-refractivity contribution in [3.8, 4) is 16.3 Å². The fourth-order valence-electron chi connectivity index (χ4n) is 4.54. The molecule has 1 fully saturated rings. The predicted molar refractivity (Wildman–Crippen MR) is 149 cm³/mol. The van der Waals surface area contributed by atoms with E-state index in [2.05, 4.69) is 30.6 Å². The van der Waals surface area contributed by atoms with Crippen LogP contribution in [0.25, 0.3) is 15.3 Å². The van der Waals surface area contributed by atoms with Gasteiger partial charge in [-0.25, -0.2) is 9.50 Å². The van der Waals surface area contributed by atoms with E-state index in [9.17, 15) is 9.59 Å². The fraction of sp³-hybridized carbons (Fsp3) is 0.346. The molecule has 0 saturated carbocycles. The molecule has 38 heavy (non-hydrogen) atoms. The van der Waals surface area contributed by atoms with Crippen LogP contribution in [0.5, 0.6) is 5.88 Å². The van der Waals surface area contributed by atoms with Gasteiger partial charge in [-0.05, 0) is 39.0 Å². The molecule has 1 saturated heterocycles. The average Bonchev–Trinajstić information content (AvgIpc) is 3.46. The van der Waals surface area contributed by atoms with Crippen molar-refractivity contribution in [2.24, 2.45) is 0 Å². The van der Waals surface area contributed by atoms with Crippen molar-refractivity contribution in [2.75, 3.05) is 37.4 Å². The molecule has 1 unspecified atom stereocenters. The Labute approximate surface area is 226 Å². The van der Waals surface area contributed by atoms with E-state index >= 15 is 0 Å². The third-order valence-corrected chi connectivity index (χ3v) is 7.30. The van der Waals surface area contributed by atoms with Gasteiger partial charge in [-0.15, -0.1) is 11.3 Å². The van der Waals surface area contributed by atoms with Gasteiger partial charge in [0, 0.05) is 28.3 Å². The number of thiazole rings is 1. The van der Waals surface area contributed by atoms with E-state index in [-0.39, 0.29) is 33.4 Å². The monoisotopic (exact) mass is 539 g/mol. The summed E-state index contributed by atoms with van der Waals surface area (Å²) in [7, 11) is 1.57. The lowest BCUT2D eigenvalue weighted by Gasteiger charge is -2.34. The van der Waals surface area contributed by atoms with Gasteiger partial charge < -0.3 is 20.1 Å². The number of pyridine rings is 2. The minimum Gasteiger partial charge on any atom is -0.481 e. The van der Waals surface area contributed by atoms with Gasteiger partial charge in [0.15, 0.2) is 0 Å². The number of aromatic nitrogens is 4. The molecule has 0 bridgehead atoms. The molecule has 1 aliphatic rings. The maximum Gasteiger partial charge on any atom is 0.260 e. The lowest BCUT2D eigenvalue weighted by atomic mass is 10.2. The zero-order valence-corrected chi connectivity index (χ0v) is 22.4. The molecule has 2 amide bonds. The highest BCUT2D eigenvalue weighted by atomic mass is 32.1. The number of hydrogen-bond donors (Lipinski definition) is 2. The summed E-state index contributed by atoms with van der Waals surface area (Å²) >= 11 is 1.42. The van der Waals surface area contributed by atoms with Crippen LogP contribution in [-0.4, -0.2) is 75.2 Å². The Morgan fingerprint density at radius 2 is 2.00 bits per heavy atom. The van der Waals surface area contributed by atoms with Gasteiger partial charge in [0.05, 0.1) is 71.3 Å². The number of ether oxygens (including phenoxy) is 2. The number of methoxy groups -OCH3 is 1. The van der Waals surface area contributed by atoms with Crippen LogP contribution in [0.4, 0.5) is 11.4 Å². The minimum atomic E-state index is -0.323. The van der Waals surface area contributed by atoms with Crippen LogP contribution in [0, 0.1) is 6.92 Å². The van der Waals surface area contributed by atoms with E-state index in [4.69, 9.17) is 9.47 Å². The van der Waals surface area contributed by atoms with Gasteiger partial charge >= 0.3 is 0 Å². The Bertz CT molecular complexity index is 1480. The summed E-state index contributed by atoms with van der Waals surface area (Å²) < 4.78 is 12.8. The van der Waals surface area contributed by atoms with Crippen molar-refractivity contribution in [2.45, 2.75) is 33.0 Å². The number of nitrogens with zero attached hydrogens (tertiary/aromatic N) is 5. The molecule has 12 heteroatoms. The highest BCUT2D eigenvalue weighted by Gasteiger charge is 2.24. The number of morpholine rings is 1. The summed E-state index contributed by atoms with van der Waals surface area (Å²) in [4.78, 5) is 38.2. The first-order chi connectivity index (χ1) is 18.3. The Balaban J connectivity index is 0.00000220. The molecule has 0 aromatic carbocycles. The highest BCUT2D eigenvalue weighted by Crippen LogP contribution is 2.35. The normalized spacial score (nSPS) is 17.9. The zero-order valence-electron chi connectivity index (χ0n) is 21.6. The van der Waals surface area contributed by atoms with Gasteiger partial charge in [0.25, 0.3) is 5.91 Å². The lowest BCUT2D eigenvalue weighted by molar-refractivity contribution is -0.121. The smallest absolute Gasteiger partial charge is 0.260 e. The predicted octanol–water partition coefficient (Wildman–Crippen LogP) is 3.96. The molecule has 0 radical (unpaired) electrons. The fourth-order valence-corrected chi connectivity index (χ4v) is 5.62. The molecule has 11 nitrogen and oxygen atoms in total. The van der Waals surface area contributed by atoms with Crippen LogP contribution in [0.1, 0.15) is 32.8 Å². The standard InChI is InChI=1S/C26H29N7O4S.2H2/c1-15-11-32(12-16(2)37-15)14-23(34)30-18-8-21(17(3)28-9-18)31-24(35)20-10-29-33-13-22(38-26(20)33)19-6-5-7-27-25(19)36-4;;/h5-10,13,15-16H,11-12,14H2,1-4H3,(H,30,34)(H,31,35);2*1H/t15-,16?;;/m0../s1. The maximum absolute atomic E-state index is 13.2. The molecule has 2 N–H and O–H groups in total. The first kappa shape index (κ1) is 25.8. The van der Waals surface area contributed by atoms with Gasteiger partial charge in [-0.2, -0.15) is 5.10 Å². The third kappa shape index (κ3) is 5.52. The van der Waals surface area contributed by atoms with Gasteiger partial charge in [-0.1, -0.05) is 0 Å². The molecule has 4 aromatic rings. The average molecular weight is 540 g/mol. The van der Waals surface area contributed by atoms with Gasteiger partial charge in [0.1, 0.15) is 4.83 Å². The largest absolute Gasteiger partial charge is 0.481 e. The Hall–Kier alpha value is -3.87. The summed E-state index contributed by atoms with van der Waals surface area (Å²) in [5, 5.41) is 10.2. The number of carbonyl (C=O) groups is 2. The second-order valence-electron chi connectivity index (χ2n) is 9.27. The molecule has 1 aliphatic heterocycles. The molecule has 4 aromatic heterocycles. The van der Waals surface area contributed by atoms with E-state index < -0.39 is 0 Å². The van der Waals surface area contributed by atoms with E-state index in [0.717, 1.165) is 10.4 Å². The summed E-state index contributed by atoms with van der Waals surface area (Å²) in [5.41, 5.74) is 2.89. The van der Waals surface area contributed by atoms with Crippen LogP contribution in [-0.2, 0) is 9.53 Å². The summed E-state index contributed by atoms with van der Waals surface area (Å²) in [6.45, 7) is 7.45. The Morgan fingerprint density at radius 3 is 2.76 bits per heavy atom. The van der Waals surface area contributed by atoms with Crippen LogP contribution in [0.3, 0.4) is 0 Å². The van der Waals surface area contributed by atoms with Crippen molar-refractivity contribution in [1.82, 2.24) is 24.5 Å². The zero-order chi connectivity index (χ0) is 26.8. The molecule has 5 rings (SSSR count). The molecular weight excluding hydrogens is 506 g/mol. The maximum atomic E-state index is 13.2. The number of anilines is 2. The first-order valence-corrected chi connectivity index (χ1v) is 13.0. The van der Waals surface area contributed by atoms with Gasteiger partial charge in [0.2, 0.25) is 11.8 Å². The molecule has 0 spiro atoms. The molecule has 2 atom stereocenters. The van der Waals surface area contributed by atoms with E-state index in [1.165, 1.54) is 17.5 Å².